The Balaban J connectivity index is 2.03. The number of aryl methyl sites for hydroxylation is 2. The molecule has 5 rings (SSSR count). The van der Waals surface area contributed by atoms with E-state index >= 15 is 0 Å². The van der Waals surface area contributed by atoms with Crippen LogP contribution in [0.15, 0.2) is 87.0 Å². The third-order valence-corrected chi connectivity index (χ3v) is 7.41. The lowest BCUT2D eigenvalue weighted by Crippen LogP contribution is -2.18. The summed E-state index contributed by atoms with van der Waals surface area (Å²) in [5, 5.41) is 2.05. The summed E-state index contributed by atoms with van der Waals surface area (Å²) in [6.45, 7) is 17.2. The van der Waals surface area contributed by atoms with Crippen LogP contribution in [0.2, 0.25) is 0 Å². The number of hydrogen-bond acceptors (Lipinski definition) is 12. The van der Waals surface area contributed by atoms with Crippen molar-refractivity contribution in [1.82, 2.24) is 0 Å². The Hall–Kier alpha value is -6.56. The van der Waals surface area contributed by atoms with E-state index in [4.69, 9.17) is 37.9 Å². The van der Waals surface area contributed by atoms with E-state index in [9.17, 15) is 19.2 Å². The van der Waals surface area contributed by atoms with Gasteiger partial charge in [-0.2, -0.15) is 0 Å². The third-order valence-electron chi connectivity index (χ3n) is 7.41. The smallest absolute Gasteiger partial charge is 0.430 e. The van der Waals surface area contributed by atoms with E-state index in [-0.39, 0.29) is 70.3 Å². The highest BCUT2D eigenvalue weighted by Crippen LogP contribution is 2.48. The molecule has 1 aliphatic rings. The molecule has 0 spiro atoms. The van der Waals surface area contributed by atoms with Gasteiger partial charge in [0, 0.05) is 42.4 Å². The van der Waals surface area contributed by atoms with E-state index < -0.39 is 24.6 Å². The van der Waals surface area contributed by atoms with Crippen molar-refractivity contribution in [3.8, 4) is 23.0 Å². The number of ether oxygens (including phenoxy) is 8. The summed E-state index contributed by atoms with van der Waals surface area (Å²) in [6.07, 6.45) is 1.19. The molecule has 0 aliphatic heterocycles. The first-order valence-electron chi connectivity index (χ1n) is 15.2. The van der Waals surface area contributed by atoms with Gasteiger partial charge in [-0.05, 0) is 25.0 Å². The minimum atomic E-state index is -1.07. The highest BCUT2D eigenvalue weighted by Gasteiger charge is 2.31. The monoisotopic (exact) mass is 680 g/mol. The fourth-order valence-electron chi connectivity index (χ4n) is 5.56. The van der Waals surface area contributed by atoms with Crippen LogP contribution in [0.4, 0.5) is 19.2 Å². The summed E-state index contributed by atoms with van der Waals surface area (Å²) in [6, 6.07) is 10.2. The van der Waals surface area contributed by atoms with E-state index in [1.165, 1.54) is 24.3 Å². The summed E-state index contributed by atoms with van der Waals surface area (Å²) < 4.78 is 44.1. The van der Waals surface area contributed by atoms with Gasteiger partial charge in [-0.1, -0.05) is 87.0 Å². The first kappa shape index (κ1) is 34.8. The maximum absolute atomic E-state index is 13.1. The van der Waals surface area contributed by atoms with Gasteiger partial charge in [0.15, 0.2) is 23.0 Å². The normalized spacial score (nSPS) is 10.8. The van der Waals surface area contributed by atoms with Crippen LogP contribution in [0.25, 0.3) is 21.5 Å². The molecule has 12 nitrogen and oxygen atoms in total. The maximum atomic E-state index is 13.1. The first-order chi connectivity index (χ1) is 24.2. The van der Waals surface area contributed by atoms with Crippen LogP contribution in [-0.4, -0.2) is 51.0 Å². The van der Waals surface area contributed by atoms with Crippen molar-refractivity contribution < 1.29 is 57.1 Å². The van der Waals surface area contributed by atoms with Crippen molar-refractivity contribution in [1.29, 1.82) is 0 Å². The van der Waals surface area contributed by atoms with Gasteiger partial charge in [0.2, 0.25) is 0 Å². The average molecular weight is 681 g/mol. The van der Waals surface area contributed by atoms with Crippen LogP contribution in [-0.2, 0) is 18.9 Å². The zero-order chi connectivity index (χ0) is 35.9. The molecule has 0 amide bonds. The zero-order valence-corrected chi connectivity index (χ0v) is 27.3. The molecule has 0 bridgehead atoms. The number of fused-ring (bicyclic) bond motifs is 4. The quantitative estimate of drug-likeness (QED) is 0.0541. The molecule has 1 aliphatic carbocycles. The largest absolute Gasteiger partial charge is 0.514 e. The molecule has 0 unspecified atom stereocenters. The Bertz CT molecular complexity index is 2140. The molecular weight excluding hydrogens is 648 g/mol. The molecular formula is C38H32O12. The van der Waals surface area contributed by atoms with Crippen molar-refractivity contribution >= 4 is 46.2 Å². The molecule has 0 saturated heterocycles. The molecule has 0 saturated carbocycles. The van der Waals surface area contributed by atoms with Gasteiger partial charge in [-0.15, -0.1) is 0 Å². The van der Waals surface area contributed by atoms with Gasteiger partial charge < -0.3 is 37.9 Å². The standard InChI is InChI=1S/C38H32O12/c1-7-17-43-35(39)47-31-23-15-11-13-21(5)25(23)33(49-37(41)45-19-9-3)29-27(31)28-30(29)34(50-38(42)46-20-10-4)26-22(6)14-12-16-24(26)32(28)48-36(40)44-18-8-2/h7-16H,1-4,17-20H2,5-6H3. The molecule has 50 heavy (non-hydrogen) atoms. The highest BCUT2D eigenvalue weighted by molar-refractivity contribution is 6.02. The number of hydrogen-bond donors (Lipinski definition) is 0. The van der Waals surface area contributed by atoms with Crippen molar-refractivity contribution in [3.63, 3.8) is 0 Å². The minimum Gasteiger partial charge on any atom is -0.430 e. The topological polar surface area (TPSA) is 142 Å². The Kier molecular flexibility index (Phi) is 10.5. The van der Waals surface area contributed by atoms with Crippen LogP contribution >= 0.6 is 0 Å². The number of rotatable bonds is 12. The second-order valence-electron chi connectivity index (χ2n) is 10.6. The van der Waals surface area contributed by atoms with E-state index in [0.717, 1.165) is 0 Å². The minimum absolute atomic E-state index is 0.0149. The number of carbonyl (C=O) groups is 4. The molecule has 0 N–H and O–H groups in total. The second-order valence-corrected chi connectivity index (χ2v) is 10.6. The van der Waals surface area contributed by atoms with Crippen LogP contribution in [0.3, 0.4) is 0 Å². The van der Waals surface area contributed by atoms with Crippen molar-refractivity contribution in [3.05, 3.63) is 119 Å². The molecule has 4 aromatic rings. The lowest BCUT2D eigenvalue weighted by atomic mass is 9.89. The first-order valence-corrected chi connectivity index (χ1v) is 15.2. The molecule has 0 heterocycles. The van der Waals surface area contributed by atoms with Crippen LogP contribution in [0.1, 0.15) is 11.1 Å². The number of carbonyl (C=O) groups excluding carboxylic acids is 4. The molecule has 4 aromatic carbocycles. The summed E-state index contributed by atoms with van der Waals surface area (Å²) in [5.74, 6) is -0.0788. The zero-order valence-electron chi connectivity index (χ0n) is 27.3. The molecule has 12 heteroatoms. The molecule has 0 aromatic heterocycles. The van der Waals surface area contributed by atoms with E-state index in [0.29, 0.717) is 32.7 Å². The summed E-state index contributed by atoms with van der Waals surface area (Å²) >= 11 is 0. The van der Waals surface area contributed by atoms with Crippen molar-refractivity contribution in [2.24, 2.45) is 0 Å². The van der Waals surface area contributed by atoms with Crippen molar-refractivity contribution in [2.45, 2.75) is 13.8 Å². The van der Waals surface area contributed by atoms with Crippen LogP contribution < -0.4 is 18.9 Å². The predicted molar refractivity (Wildman–Crippen MR) is 181 cm³/mol. The number of benzene rings is 4. The van der Waals surface area contributed by atoms with Crippen LogP contribution in [0, 0.1) is 34.7 Å². The average Bonchev–Trinajstić information content (AvgIpc) is 3.08. The van der Waals surface area contributed by atoms with Gasteiger partial charge in [-0.25, -0.2) is 19.2 Å². The lowest BCUT2D eigenvalue weighted by Gasteiger charge is -2.23. The fraction of sp³-hybridized carbons (Fsp3) is 0.158. The maximum Gasteiger partial charge on any atom is 0.514 e. The fourth-order valence-corrected chi connectivity index (χ4v) is 5.56. The van der Waals surface area contributed by atoms with Gasteiger partial charge >= 0.3 is 24.6 Å². The Morgan fingerprint density at radius 1 is 0.480 bits per heavy atom. The molecule has 0 radical (unpaired) electrons. The SMILES string of the molecule is C=CCOC(=O)Oc1c2c(c(OC(=O)OCC=C)c3c(C)cccc13)=c1c(OC(=O)OCC=C)c3c(C)cccc3c(OC(=O)OCC=C)c1=2. The second kappa shape index (κ2) is 15.1. The van der Waals surface area contributed by atoms with Crippen LogP contribution in [0.5, 0.6) is 23.0 Å². The summed E-state index contributed by atoms with van der Waals surface area (Å²) in [7, 11) is 0. The summed E-state index contributed by atoms with van der Waals surface area (Å²) in [4.78, 5) is 52.1. The van der Waals surface area contributed by atoms with Gasteiger partial charge in [-0.3, -0.25) is 0 Å². The Morgan fingerprint density at radius 2 is 0.760 bits per heavy atom. The Morgan fingerprint density at radius 3 is 1.06 bits per heavy atom. The predicted octanol–water partition coefficient (Wildman–Crippen LogP) is 8.30. The highest BCUT2D eigenvalue weighted by atomic mass is 16.7. The van der Waals surface area contributed by atoms with Gasteiger partial charge in [0.25, 0.3) is 0 Å². The Labute approximate surface area is 285 Å². The lowest BCUT2D eigenvalue weighted by molar-refractivity contribution is 0.106. The van der Waals surface area contributed by atoms with Crippen molar-refractivity contribution in [2.75, 3.05) is 26.4 Å². The molecule has 256 valence electrons. The third kappa shape index (κ3) is 6.59. The van der Waals surface area contributed by atoms with E-state index in [2.05, 4.69) is 26.3 Å². The van der Waals surface area contributed by atoms with E-state index in [1.807, 2.05) is 0 Å². The molecule has 0 fully saturated rings. The summed E-state index contributed by atoms with van der Waals surface area (Å²) in [5.41, 5.74) is 1.23. The molecule has 0 atom stereocenters. The van der Waals surface area contributed by atoms with E-state index in [1.54, 1.807) is 50.2 Å². The van der Waals surface area contributed by atoms with Gasteiger partial charge in [0.1, 0.15) is 26.4 Å². The van der Waals surface area contributed by atoms with Gasteiger partial charge in [0.05, 0.1) is 0 Å².